The maximum absolute atomic E-state index is 12.4. The van der Waals surface area contributed by atoms with Crippen molar-refractivity contribution in [1.29, 1.82) is 11.1 Å². The van der Waals surface area contributed by atoms with Crippen LogP contribution in [0.1, 0.15) is 40.7 Å². The highest BCUT2D eigenvalue weighted by Gasteiger charge is 2.35. The second-order valence-electron chi connectivity index (χ2n) is 7.65. The quantitative estimate of drug-likeness (QED) is 0.185. The number of rotatable bonds is 3. The number of carbonyl (C=O) groups excluding carboxylic acids is 2. The molecule has 0 fully saturated rings. The average molecular weight is 573 g/mol. The van der Waals surface area contributed by atoms with Crippen LogP contribution < -0.4 is 5.73 Å². The largest absolute Gasteiger partial charge is 0.397 e. The minimum atomic E-state index is -0.320. The Morgan fingerprint density at radius 3 is 1.72 bits per heavy atom. The van der Waals surface area contributed by atoms with Crippen LogP contribution >= 0.6 is 23.2 Å². The van der Waals surface area contributed by atoms with E-state index in [0.717, 1.165) is 5.65 Å². The molecule has 0 unspecified atom stereocenters. The van der Waals surface area contributed by atoms with E-state index >= 15 is 0 Å². The molecule has 204 valence electrons. The molecule has 0 saturated heterocycles. The molecule has 2 amide bonds. The molecule has 0 spiro atoms. The summed E-state index contributed by atoms with van der Waals surface area (Å²) in [7, 11) is 0. The molecular weight excluding hydrogens is 547 g/mol. The summed E-state index contributed by atoms with van der Waals surface area (Å²) in [6, 6.07) is 13.8. The monoisotopic (exact) mass is 572 g/mol. The van der Waals surface area contributed by atoms with Gasteiger partial charge in [-0.05, 0) is 43.3 Å². The molecule has 5 N–H and O–H groups in total. The van der Waals surface area contributed by atoms with Gasteiger partial charge < -0.3 is 10.8 Å². The summed E-state index contributed by atoms with van der Waals surface area (Å²) >= 11 is 11.8. The minimum absolute atomic E-state index is 0. The molecule has 1 aromatic carbocycles. The van der Waals surface area contributed by atoms with Crippen molar-refractivity contribution in [2.24, 2.45) is 5.73 Å². The second kappa shape index (κ2) is 13.5. The third kappa shape index (κ3) is 6.41. The predicted molar refractivity (Wildman–Crippen MR) is 145 cm³/mol. The molecule has 1 aliphatic rings. The first-order valence-corrected chi connectivity index (χ1v) is 12.1. The van der Waals surface area contributed by atoms with E-state index in [9.17, 15) is 9.59 Å². The number of benzene rings is 1. The Balaban J connectivity index is 0.000000264. The molecular formula is C24H26Cl2N10O3. The van der Waals surface area contributed by atoms with Gasteiger partial charge in [-0.15, -0.1) is 20.4 Å². The molecule has 0 atom stereocenters. The van der Waals surface area contributed by atoms with Crippen LogP contribution in [0.25, 0.3) is 11.3 Å². The topological polar surface area (TPSA) is 192 Å². The summed E-state index contributed by atoms with van der Waals surface area (Å²) in [5.74, 6) is 0.554. The first kappa shape index (κ1) is 29.3. The standard InChI is InChI=1S/C15H9ClN4O2.C7H7ClN4.C2H6O.H2N2.H2/c16-9-5-6-12-17-18-13(19(12)7-9)8-20-14(21)10-3-1-2-4-11(10)15(20)22;8-5-1-2-6-10-11-7(3-9)12(6)4-5;1-2-3;1-2;/h1-7H,8H2;1-2,4H,3,9H2;3H,2H2,1H3;1-2H;1H. The lowest BCUT2D eigenvalue weighted by atomic mass is 10.1. The van der Waals surface area contributed by atoms with Crippen LogP contribution in [0.2, 0.25) is 10.0 Å². The number of pyridine rings is 2. The Hall–Kier alpha value is -4.30. The van der Waals surface area contributed by atoms with Gasteiger partial charge in [0.1, 0.15) is 0 Å². The number of aromatic nitrogens is 6. The van der Waals surface area contributed by atoms with Crippen LogP contribution in [-0.4, -0.2) is 57.6 Å². The Morgan fingerprint density at radius 2 is 1.26 bits per heavy atom. The Bertz CT molecular complexity index is 1580. The molecule has 15 heteroatoms. The summed E-state index contributed by atoms with van der Waals surface area (Å²) in [5.41, 5.74) is 17.6. The van der Waals surface area contributed by atoms with E-state index in [1.807, 2.05) is 0 Å². The normalized spacial score (nSPS) is 11.8. The Labute approximate surface area is 233 Å². The fourth-order valence-corrected chi connectivity index (χ4v) is 3.92. The Morgan fingerprint density at radius 1 is 0.821 bits per heavy atom. The zero-order valence-corrected chi connectivity index (χ0v) is 22.1. The van der Waals surface area contributed by atoms with E-state index in [-0.39, 0.29) is 26.4 Å². The number of fused-ring (bicyclic) bond motifs is 3. The Kier molecular flexibility index (Phi) is 10.1. The number of halogens is 2. The molecule has 1 aliphatic heterocycles. The number of nitrogens with one attached hydrogen (secondary N) is 2. The molecule has 0 saturated carbocycles. The fraction of sp³-hybridized carbons (Fsp3) is 0.167. The smallest absolute Gasteiger partial charge is 0.261 e. The zero-order valence-electron chi connectivity index (χ0n) is 20.6. The van der Waals surface area contributed by atoms with Crippen LogP contribution in [0.5, 0.6) is 0 Å². The lowest BCUT2D eigenvalue weighted by Crippen LogP contribution is -2.30. The van der Waals surface area contributed by atoms with Crippen molar-refractivity contribution in [1.82, 2.24) is 34.1 Å². The predicted octanol–water partition coefficient (Wildman–Crippen LogP) is 3.86. The highest BCUT2D eigenvalue weighted by molar-refractivity contribution is 6.30. The zero-order chi connectivity index (χ0) is 28.5. The first-order valence-electron chi connectivity index (χ1n) is 11.4. The van der Waals surface area contributed by atoms with Crippen molar-refractivity contribution in [2.45, 2.75) is 20.0 Å². The van der Waals surface area contributed by atoms with Crippen molar-refractivity contribution >= 4 is 46.3 Å². The first-order chi connectivity index (χ1) is 18.9. The van der Waals surface area contributed by atoms with E-state index < -0.39 is 0 Å². The highest BCUT2D eigenvalue weighted by Crippen LogP contribution is 2.24. The number of nitrogens with two attached hydrogens (primary N) is 1. The van der Waals surface area contributed by atoms with Crippen LogP contribution in [0.3, 0.4) is 0 Å². The van der Waals surface area contributed by atoms with Gasteiger partial charge in [-0.25, -0.2) is 11.1 Å². The molecule has 5 heterocycles. The summed E-state index contributed by atoms with van der Waals surface area (Å²) in [4.78, 5) is 25.9. The molecule has 0 bridgehead atoms. The molecule has 5 aromatic rings. The van der Waals surface area contributed by atoms with E-state index in [4.69, 9.17) is 45.1 Å². The molecule has 39 heavy (non-hydrogen) atoms. The second-order valence-corrected chi connectivity index (χ2v) is 8.52. The lowest BCUT2D eigenvalue weighted by Gasteiger charge is -2.12. The number of imide groups is 1. The van der Waals surface area contributed by atoms with Gasteiger partial charge in [0, 0.05) is 20.4 Å². The fourth-order valence-electron chi connectivity index (χ4n) is 3.60. The summed E-state index contributed by atoms with van der Waals surface area (Å²) < 4.78 is 3.45. The summed E-state index contributed by atoms with van der Waals surface area (Å²) in [6.07, 6.45) is 3.41. The third-order valence-electron chi connectivity index (χ3n) is 5.23. The van der Waals surface area contributed by atoms with Crippen LogP contribution in [0.4, 0.5) is 0 Å². The molecule has 0 radical (unpaired) electrons. The van der Waals surface area contributed by atoms with Crippen molar-refractivity contribution < 1.29 is 16.1 Å². The van der Waals surface area contributed by atoms with Crippen LogP contribution in [0, 0.1) is 11.1 Å². The number of aliphatic hydroxyl groups excluding tert-OH is 1. The van der Waals surface area contributed by atoms with Gasteiger partial charge in [-0.3, -0.25) is 23.3 Å². The van der Waals surface area contributed by atoms with Crippen molar-refractivity contribution in [3.05, 3.63) is 93.7 Å². The number of carbonyl (C=O) groups is 2. The van der Waals surface area contributed by atoms with Crippen molar-refractivity contribution in [2.75, 3.05) is 6.61 Å². The van der Waals surface area contributed by atoms with E-state index in [1.54, 1.807) is 76.6 Å². The van der Waals surface area contributed by atoms with E-state index in [1.165, 1.54) is 4.90 Å². The SMILES string of the molecule is CCO.N=N.NCc1nnc2ccc(Cl)cn12.O=C1c2ccccc2C(=O)N1Cc1nnc2ccc(Cl)cn12.[HH]. The summed E-state index contributed by atoms with van der Waals surface area (Å²) in [5, 5.41) is 24.6. The van der Waals surface area contributed by atoms with Gasteiger partial charge in [0.25, 0.3) is 11.8 Å². The van der Waals surface area contributed by atoms with Crippen LogP contribution in [-0.2, 0) is 13.1 Å². The molecule has 6 rings (SSSR count). The van der Waals surface area contributed by atoms with Gasteiger partial charge in [0.2, 0.25) is 0 Å². The minimum Gasteiger partial charge on any atom is -0.397 e. The number of nitrogens with zero attached hydrogens (tertiary/aromatic N) is 7. The molecule has 13 nitrogen and oxygen atoms in total. The van der Waals surface area contributed by atoms with E-state index in [2.05, 4.69) is 20.4 Å². The lowest BCUT2D eigenvalue weighted by molar-refractivity contribution is 0.0638. The highest BCUT2D eigenvalue weighted by atomic mass is 35.5. The average Bonchev–Trinajstić information content (AvgIpc) is 3.61. The molecule has 4 aromatic heterocycles. The number of hydrogen-bond acceptors (Lipinski definition) is 10. The number of aliphatic hydroxyl groups is 1. The van der Waals surface area contributed by atoms with Gasteiger partial charge in [0.15, 0.2) is 22.9 Å². The van der Waals surface area contributed by atoms with Gasteiger partial charge in [-0.2, -0.15) is 0 Å². The van der Waals surface area contributed by atoms with Gasteiger partial charge in [-0.1, -0.05) is 35.3 Å². The molecule has 0 aliphatic carbocycles. The van der Waals surface area contributed by atoms with E-state index in [0.29, 0.717) is 45.0 Å². The number of hydrogen-bond donors (Lipinski definition) is 4. The maximum atomic E-state index is 12.4. The third-order valence-corrected chi connectivity index (χ3v) is 5.68. The van der Waals surface area contributed by atoms with Gasteiger partial charge >= 0.3 is 0 Å². The number of amides is 2. The van der Waals surface area contributed by atoms with Crippen molar-refractivity contribution in [3.63, 3.8) is 0 Å². The maximum Gasteiger partial charge on any atom is 0.261 e. The summed E-state index contributed by atoms with van der Waals surface area (Å²) in [6.45, 7) is 2.34. The van der Waals surface area contributed by atoms with Crippen LogP contribution in [0.15, 0.2) is 60.9 Å². The van der Waals surface area contributed by atoms with Crippen molar-refractivity contribution in [3.8, 4) is 0 Å². The van der Waals surface area contributed by atoms with Gasteiger partial charge in [0.05, 0.1) is 34.3 Å².